The maximum Gasteiger partial charge on any atom is 0.411 e. The number of aryl methyl sites for hydroxylation is 2. The summed E-state index contributed by atoms with van der Waals surface area (Å²) in [6.07, 6.45) is 4.61. The van der Waals surface area contributed by atoms with E-state index in [9.17, 15) is 9.59 Å². The molecule has 0 N–H and O–H groups in total. The Bertz CT molecular complexity index is 1320. The molecule has 2 aromatic carbocycles. The summed E-state index contributed by atoms with van der Waals surface area (Å²) in [5.74, 6) is 6.30. The molecule has 1 saturated heterocycles. The van der Waals surface area contributed by atoms with E-state index in [1.807, 2.05) is 26.0 Å². The molecule has 0 spiro atoms. The number of nitrogens with zero attached hydrogens (tertiary/aromatic N) is 1. The highest BCUT2D eigenvalue weighted by Crippen LogP contribution is 2.29. The Labute approximate surface area is 199 Å². The van der Waals surface area contributed by atoms with Crippen molar-refractivity contribution < 1.29 is 9.53 Å². The van der Waals surface area contributed by atoms with Crippen LogP contribution >= 0.6 is 11.3 Å². The second kappa shape index (κ2) is 9.57. The molecular weight excluding hydrogens is 430 g/mol. The number of hydrogen-bond acceptors (Lipinski definition) is 4. The monoisotopic (exact) mass is 461 g/mol. The van der Waals surface area contributed by atoms with E-state index >= 15 is 0 Å². The molecule has 0 radical (unpaired) electrons. The number of carbonyl (C=O) groups is 1. The van der Waals surface area contributed by atoms with E-state index in [2.05, 4.69) is 43.9 Å². The van der Waals surface area contributed by atoms with Crippen molar-refractivity contribution in [2.45, 2.75) is 65.4 Å². The number of hydrogen-bond donors (Lipinski definition) is 0. The van der Waals surface area contributed by atoms with Crippen LogP contribution in [0.3, 0.4) is 0 Å². The zero-order chi connectivity index (χ0) is 23.6. The van der Waals surface area contributed by atoms with Crippen LogP contribution in [0.4, 0.5) is 4.79 Å². The van der Waals surface area contributed by atoms with Crippen molar-refractivity contribution in [3.8, 4) is 11.8 Å². The number of likely N-dealkylation sites (tertiary alicyclic amines) is 1. The van der Waals surface area contributed by atoms with Crippen molar-refractivity contribution in [3.63, 3.8) is 0 Å². The lowest BCUT2D eigenvalue weighted by Crippen LogP contribution is -2.40. The molecule has 4 rings (SSSR count). The van der Waals surface area contributed by atoms with Gasteiger partial charge in [-0.15, -0.1) is 11.3 Å². The zero-order valence-electron chi connectivity index (χ0n) is 19.9. The Balaban J connectivity index is 1.70. The third kappa shape index (κ3) is 5.07. The first-order valence-corrected chi connectivity index (χ1v) is 12.7. The lowest BCUT2D eigenvalue weighted by atomic mass is 10.0. The van der Waals surface area contributed by atoms with E-state index in [4.69, 9.17) is 4.74 Å². The van der Waals surface area contributed by atoms with Gasteiger partial charge in [0.1, 0.15) is 0 Å². The third-order valence-corrected chi connectivity index (χ3v) is 7.43. The highest BCUT2D eigenvalue weighted by atomic mass is 32.1. The number of piperidine rings is 1. The van der Waals surface area contributed by atoms with Gasteiger partial charge in [-0.25, -0.2) is 4.79 Å². The SMILES string of the molecule is CCc1ccc2sc3c(CC)cc(C#CC(C)(C)OC(=O)N4CCCCC4)cc3c(=O)c2c1. The van der Waals surface area contributed by atoms with E-state index in [0.29, 0.717) is 5.39 Å². The fraction of sp³-hybridized carbons (Fsp3) is 0.429. The molecule has 4 nitrogen and oxygen atoms in total. The predicted molar refractivity (Wildman–Crippen MR) is 137 cm³/mol. The van der Waals surface area contributed by atoms with Gasteiger partial charge in [0.25, 0.3) is 0 Å². The van der Waals surface area contributed by atoms with Crippen molar-refractivity contribution in [1.82, 2.24) is 4.90 Å². The summed E-state index contributed by atoms with van der Waals surface area (Å²) in [5.41, 5.74) is 2.19. The standard InChI is InChI=1S/C28H31NO3S/c1-5-19-10-11-24-22(17-19)25(30)23-18-20(16-21(6-2)26(23)33-24)12-13-28(3,4)32-27(31)29-14-8-7-9-15-29/h10-11,16-18H,5-9,14-15H2,1-4H3. The van der Waals surface area contributed by atoms with Crippen LogP contribution in [0, 0.1) is 11.8 Å². The molecule has 1 aliphatic heterocycles. The Morgan fingerprint density at radius 1 is 1.06 bits per heavy atom. The summed E-state index contributed by atoms with van der Waals surface area (Å²) in [5, 5.41) is 1.49. The summed E-state index contributed by atoms with van der Waals surface area (Å²) in [4.78, 5) is 27.7. The lowest BCUT2D eigenvalue weighted by molar-refractivity contribution is 0.0419. The Morgan fingerprint density at radius 3 is 2.52 bits per heavy atom. The average molecular weight is 462 g/mol. The van der Waals surface area contributed by atoms with Gasteiger partial charge in [0, 0.05) is 38.8 Å². The van der Waals surface area contributed by atoms with Crippen LogP contribution in [0.1, 0.15) is 63.6 Å². The van der Waals surface area contributed by atoms with Crippen LogP contribution in [0.2, 0.25) is 0 Å². The second-order valence-electron chi connectivity index (χ2n) is 9.16. The Kier molecular flexibility index (Phi) is 6.76. The molecule has 0 atom stereocenters. The molecule has 33 heavy (non-hydrogen) atoms. The Hall–Kier alpha value is -2.84. The van der Waals surface area contributed by atoms with Crippen molar-refractivity contribution in [2.75, 3.05) is 13.1 Å². The van der Waals surface area contributed by atoms with Crippen molar-refractivity contribution in [3.05, 3.63) is 57.2 Å². The predicted octanol–water partition coefficient (Wildman–Crippen LogP) is 6.29. The van der Waals surface area contributed by atoms with Gasteiger partial charge in [-0.1, -0.05) is 31.8 Å². The van der Waals surface area contributed by atoms with Gasteiger partial charge in [0.05, 0.1) is 0 Å². The number of amides is 1. The van der Waals surface area contributed by atoms with Crippen LogP contribution in [0.5, 0.6) is 0 Å². The normalized spacial score (nSPS) is 14.2. The van der Waals surface area contributed by atoms with E-state index in [1.165, 1.54) is 0 Å². The van der Waals surface area contributed by atoms with Gasteiger partial charge in [0.15, 0.2) is 11.0 Å². The van der Waals surface area contributed by atoms with Gasteiger partial charge < -0.3 is 9.64 Å². The summed E-state index contributed by atoms with van der Waals surface area (Å²) in [6.45, 7) is 9.30. The van der Waals surface area contributed by atoms with E-state index < -0.39 is 5.60 Å². The maximum absolute atomic E-state index is 13.4. The molecule has 1 fully saturated rings. The third-order valence-electron chi connectivity index (χ3n) is 6.16. The van der Waals surface area contributed by atoms with Crippen LogP contribution in [0.25, 0.3) is 20.2 Å². The van der Waals surface area contributed by atoms with Crippen molar-refractivity contribution >= 4 is 37.6 Å². The number of rotatable bonds is 3. The summed E-state index contributed by atoms with van der Waals surface area (Å²) < 4.78 is 7.75. The van der Waals surface area contributed by atoms with Crippen molar-refractivity contribution in [1.29, 1.82) is 0 Å². The average Bonchev–Trinajstić information content (AvgIpc) is 2.83. The first kappa shape index (κ1) is 23.3. The topological polar surface area (TPSA) is 46.6 Å². The van der Waals surface area contributed by atoms with Gasteiger partial charge in [0.2, 0.25) is 0 Å². The minimum absolute atomic E-state index is 0.0585. The smallest absolute Gasteiger partial charge is 0.411 e. The molecule has 0 aliphatic carbocycles. The zero-order valence-corrected chi connectivity index (χ0v) is 20.7. The summed E-state index contributed by atoms with van der Waals surface area (Å²) >= 11 is 1.67. The van der Waals surface area contributed by atoms with Crippen LogP contribution in [0.15, 0.2) is 35.1 Å². The fourth-order valence-corrected chi connectivity index (χ4v) is 5.45. The van der Waals surface area contributed by atoms with Crippen LogP contribution in [-0.2, 0) is 17.6 Å². The molecule has 1 amide bonds. The van der Waals surface area contributed by atoms with E-state index in [-0.39, 0.29) is 11.5 Å². The van der Waals surface area contributed by atoms with Crippen LogP contribution < -0.4 is 5.43 Å². The number of carbonyl (C=O) groups excluding carboxylic acids is 1. The second-order valence-corrected chi connectivity index (χ2v) is 10.2. The van der Waals surface area contributed by atoms with Gasteiger partial charge in [-0.3, -0.25) is 4.79 Å². The molecule has 1 aromatic heterocycles. The molecule has 3 aromatic rings. The molecular formula is C28H31NO3S. The number of ether oxygens (including phenoxy) is 1. The number of benzene rings is 2. The first-order valence-electron chi connectivity index (χ1n) is 11.8. The van der Waals surface area contributed by atoms with Gasteiger partial charge in [-0.05, 0) is 81.3 Å². The minimum atomic E-state index is -0.918. The number of fused-ring (bicyclic) bond motifs is 2. The maximum atomic E-state index is 13.4. The molecule has 0 saturated carbocycles. The van der Waals surface area contributed by atoms with Crippen molar-refractivity contribution in [2.24, 2.45) is 0 Å². The van der Waals surface area contributed by atoms with Gasteiger partial charge >= 0.3 is 6.09 Å². The lowest BCUT2D eigenvalue weighted by Gasteiger charge is -2.29. The molecule has 5 heteroatoms. The first-order chi connectivity index (χ1) is 15.8. The summed E-state index contributed by atoms with van der Waals surface area (Å²) in [6, 6.07) is 10.1. The molecule has 0 unspecified atom stereocenters. The van der Waals surface area contributed by atoms with E-state index in [1.54, 1.807) is 16.2 Å². The van der Waals surface area contributed by atoms with Gasteiger partial charge in [-0.2, -0.15) is 0 Å². The molecule has 2 heterocycles. The minimum Gasteiger partial charge on any atom is -0.430 e. The fourth-order valence-electron chi connectivity index (χ4n) is 4.24. The van der Waals surface area contributed by atoms with Crippen LogP contribution in [-0.4, -0.2) is 29.7 Å². The highest BCUT2D eigenvalue weighted by Gasteiger charge is 2.25. The Morgan fingerprint density at radius 2 is 1.82 bits per heavy atom. The molecule has 0 bridgehead atoms. The summed E-state index contributed by atoms with van der Waals surface area (Å²) in [7, 11) is 0. The van der Waals surface area contributed by atoms with E-state index in [0.717, 1.165) is 76.7 Å². The highest BCUT2D eigenvalue weighted by molar-refractivity contribution is 7.24. The largest absolute Gasteiger partial charge is 0.430 e. The quantitative estimate of drug-likeness (QED) is 0.340. The molecule has 1 aliphatic rings. The molecule has 172 valence electrons.